The second kappa shape index (κ2) is 18.2. The van der Waals surface area contributed by atoms with Crippen LogP contribution in [-0.2, 0) is 14.3 Å². The molecule has 0 aliphatic heterocycles. The van der Waals surface area contributed by atoms with Gasteiger partial charge in [-0.3, -0.25) is 14.4 Å². The molecular weight excluding hydrogens is 659 g/mol. The number of hydrogen-bond donors (Lipinski definition) is 3. The number of ether oxygens (including phenoxy) is 1. The number of carbonyl (C=O) groups excluding carboxylic acids is 4. The number of anilines is 2. The molecule has 3 amide bonds. The highest BCUT2D eigenvalue weighted by molar-refractivity contribution is 8.00. The van der Waals surface area contributed by atoms with Crippen LogP contribution < -0.4 is 16.0 Å². The van der Waals surface area contributed by atoms with Gasteiger partial charge in [-0.15, -0.1) is 11.8 Å². The fourth-order valence-corrected chi connectivity index (χ4v) is 6.04. The van der Waals surface area contributed by atoms with Crippen LogP contribution >= 0.6 is 11.8 Å². The molecule has 0 radical (unpaired) electrons. The molecule has 0 heterocycles. The van der Waals surface area contributed by atoms with Crippen molar-refractivity contribution in [2.45, 2.75) is 36.8 Å². The minimum Gasteiger partial charge on any atom is -0.462 e. The fraction of sp³-hybridized carbons (Fsp3) is 0.143. The lowest BCUT2D eigenvalue weighted by Gasteiger charge is -2.18. The predicted molar refractivity (Wildman–Crippen MR) is 203 cm³/mol. The molecule has 1 unspecified atom stereocenters. The van der Waals surface area contributed by atoms with E-state index in [-0.39, 0.29) is 11.6 Å². The van der Waals surface area contributed by atoms with Gasteiger partial charge in [0.1, 0.15) is 10.9 Å². The van der Waals surface area contributed by atoms with Crippen LogP contribution in [0.15, 0.2) is 144 Å². The van der Waals surface area contributed by atoms with Crippen LogP contribution in [0.2, 0.25) is 0 Å². The maximum absolute atomic E-state index is 13.6. The molecule has 5 aromatic rings. The first kappa shape index (κ1) is 36.4. The number of aryl methyl sites for hydroxylation is 1. The molecule has 9 heteroatoms. The first-order valence-corrected chi connectivity index (χ1v) is 17.5. The average molecular weight is 698 g/mol. The number of carbonyl (C=O) groups is 4. The van der Waals surface area contributed by atoms with Gasteiger partial charge in [-0.05, 0) is 91.2 Å². The molecular formula is C42H39N3O5S. The summed E-state index contributed by atoms with van der Waals surface area (Å²) in [5, 5.41) is 8.03. The summed E-state index contributed by atoms with van der Waals surface area (Å²) in [5.74, 6) is -1.51. The lowest BCUT2D eigenvalue weighted by atomic mass is 10.1. The van der Waals surface area contributed by atoms with Gasteiger partial charge in [0.15, 0.2) is 0 Å². The quantitative estimate of drug-likeness (QED) is 0.0463. The Morgan fingerprint density at radius 1 is 0.725 bits per heavy atom. The highest BCUT2D eigenvalue weighted by Crippen LogP contribution is 2.37. The molecule has 5 rings (SSSR count). The summed E-state index contributed by atoms with van der Waals surface area (Å²) in [5.41, 5.74) is 4.61. The van der Waals surface area contributed by atoms with Crippen LogP contribution in [0.25, 0.3) is 6.08 Å². The lowest BCUT2D eigenvalue weighted by Crippen LogP contribution is -2.30. The van der Waals surface area contributed by atoms with Crippen LogP contribution in [0.3, 0.4) is 0 Å². The van der Waals surface area contributed by atoms with Gasteiger partial charge in [0.2, 0.25) is 5.91 Å². The summed E-state index contributed by atoms with van der Waals surface area (Å²) >= 11 is 1.36. The zero-order valence-electron chi connectivity index (χ0n) is 28.4. The third kappa shape index (κ3) is 10.8. The van der Waals surface area contributed by atoms with E-state index in [4.69, 9.17) is 4.74 Å². The van der Waals surface area contributed by atoms with E-state index in [1.54, 1.807) is 66.7 Å². The van der Waals surface area contributed by atoms with Crippen LogP contribution in [0, 0.1) is 6.92 Å². The SMILES string of the molecule is CCCCOC(=O)c1ccc(NC(=O)C(Sc2ccc(NC(=O)/C(=C/c3cccc(C)c3)NC(=O)c3ccccc3)cc2)c2ccccc2)cc1. The van der Waals surface area contributed by atoms with E-state index in [0.717, 1.165) is 34.4 Å². The maximum atomic E-state index is 13.6. The van der Waals surface area contributed by atoms with Crippen LogP contribution in [0.5, 0.6) is 0 Å². The number of amides is 3. The van der Waals surface area contributed by atoms with Crippen molar-refractivity contribution in [3.05, 3.63) is 167 Å². The van der Waals surface area contributed by atoms with Gasteiger partial charge >= 0.3 is 5.97 Å². The van der Waals surface area contributed by atoms with E-state index in [0.29, 0.717) is 29.1 Å². The normalized spacial score (nSPS) is 11.6. The van der Waals surface area contributed by atoms with E-state index in [2.05, 4.69) is 16.0 Å². The number of nitrogens with one attached hydrogen (secondary N) is 3. The maximum Gasteiger partial charge on any atom is 0.338 e. The number of unbranched alkanes of at least 4 members (excludes halogenated alkanes) is 1. The molecule has 8 nitrogen and oxygen atoms in total. The number of benzene rings is 5. The van der Waals surface area contributed by atoms with E-state index in [1.165, 1.54) is 11.8 Å². The third-order valence-electron chi connectivity index (χ3n) is 7.71. The van der Waals surface area contributed by atoms with E-state index in [1.807, 2.05) is 86.6 Å². The Morgan fingerprint density at radius 2 is 1.37 bits per heavy atom. The molecule has 1 atom stereocenters. The van der Waals surface area contributed by atoms with Gasteiger partial charge < -0.3 is 20.7 Å². The highest BCUT2D eigenvalue weighted by atomic mass is 32.2. The molecule has 0 aromatic heterocycles. The van der Waals surface area contributed by atoms with Crippen molar-refractivity contribution in [3.63, 3.8) is 0 Å². The minimum atomic E-state index is -0.595. The van der Waals surface area contributed by atoms with Crippen molar-refractivity contribution in [1.82, 2.24) is 5.32 Å². The largest absolute Gasteiger partial charge is 0.462 e. The van der Waals surface area contributed by atoms with Gasteiger partial charge in [0, 0.05) is 21.8 Å². The Morgan fingerprint density at radius 3 is 2.04 bits per heavy atom. The molecule has 0 bridgehead atoms. The molecule has 0 saturated carbocycles. The summed E-state index contributed by atoms with van der Waals surface area (Å²) in [4.78, 5) is 53.3. The second-order valence-electron chi connectivity index (χ2n) is 11.7. The number of thioether (sulfide) groups is 1. The van der Waals surface area contributed by atoms with Crippen molar-refractivity contribution >= 4 is 52.9 Å². The average Bonchev–Trinajstić information content (AvgIpc) is 3.15. The van der Waals surface area contributed by atoms with Crippen LogP contribution in [0.1, 0.15) is 62.4 Å². The Kier molecular flexibility index (Phi) is 13.0. The Balaban J connectivity index is 1.28. The minimum absolute atomic E-state index is 0.0927. The molecule has 5 aromatic carbocycles. The zero-order chi connectivity index (χ0) is 36.0. The van der Waals surface area contributed by atoms with Crippen LogP contribution in [-0.4, -0.2) is 30.3 Å². The standard InChI is InChI=1S/C42H39N3O5S/c1-3-4-26-50-42(49)33-18-20-34(21-19-33)44-41(48)38(31-14-7-5-8-15-31)51-36-24-22-35(23-25-36)43-40(47)37(28-30-13-11-12-29(2)27-30)45-39(46)32-16-9-6-10-17-32/h5-25,27-28,38H,3-4,26H2,1-2H3,(H,43,47)(H,44,48)(H,45,46)/b37-28-. The molecule has 0 aliphatic rings. The van der Waals surface area contributed by atoms with E-state index >= 15 is 0 Å². The van der Waals surface area contributed by atoms with Gasteiger partial charge in [-0.1, -0.05) is 91.7 Å². The van der Waals surface area contributed by atoms with E-state index < -0.39 is 23.0 Å². The smallest absolute Gasteiger partial charge is 0.338 e. The molecule has 0 aliphatic carbocycles. The predicted octanol–water partition coefficient (Wildman–Crippen LogP) is 8.83. The van der Waals surface area contributed by atoms with Gasteiger partial charge in [0.25, 0.3) is 11.8 Å². The summed E-state index contributed by atoms with van der Waals surface area (Å²) in [7, 11) is 0. The summed E-state index contributed by atoms with van der Waals surface area (Å²) in [6.07, 6.45) is 3.38. The summed E-state index contributed by atoms with van der Waals surface area (Å²) in [6.45, 7) is 4.36. The van der Waals surface area contributed by atoms with Crippen LogP contribution in [0.4, 0.5) is 11.4 Å². The molecule has 3 N–H and O–H groups in total. The van der Waals surface area contributed by atoms with Crippen molar-refractivity contribution in [2.24, 2.45) is 0 Å². The van der Waals surface area contributed by atoms with Gasteiger partial charge in [-0.25, -0.2) is 4.79 Å². The van der Waals surface area contributed by atoms with Crippen molar-refractivity contribution in [1.29, 1.82) is 0 Å². The molecule has 0 saturated heterocycles. The fourth-order valence-electron chi connectivity index (χ4n) is 5.01. The molecule has 258 valence electrons. The Hall–Kier alpha value is -5.93. The van der Waals surface area contributed by atoms with Gasteiger partial charge in [-0.2, -0.15) is 0 Å². The highest BCUT2D eigenvalue weighted by Gasteiger charge is 2.23. The molecule has 0 fully saturated rings. The zero-order valence-corrected chi connectivity index (χ0v) is 29.2. The van der Waals surface area contributed by atoms with E-state index in [9.17, 15) is 19.2 Å². The first-order valence-electron chi connectivity index (χ1n) is 16.6. The number of rotatable bonds is 14. The summed E-state index contributed by atoms with van der Waals surface area (Å²) in [6, 6.07) is 39.6. The molecule has 0 spiro atoms. The van der Waals surface area contributed by atoms with Crippen molar-refractivity contribution in [2.75, 3.05) is 17.2 Å². The third-order valence-corrected chi connectivity index (χ3v) is 8.97. The van der Waals surface area contributed by atoms with Gasteiger partial charge in [0.05, 0.1) is 12.2 Å². The second-order valence-corrected chi connectivity index (χ2v) is 12.9. The number of hydrogen-bond acceptors (Lipinski definition) is 6. The topological polar surface area (TPSA) is 114 Å². The lowest BCUT2D eigenvalue weighted by molar-refractivity contribution is -0.116. The Bertz CT molecular complexity index is 1980. The monoisotopic (exact) mass is 697 g/mol. The summed E-state index contributed by atoms with van der Waals surface area (Å²) < 4.78 is 5.28. The number of esters is 1. The van der Waals surface area contributed by atoms with Crippen molar-refractivity contribution in [3.8, 4) is 0 Å². The molecule has 51 heavy (non-hydrogen) atoms. The Labute approximate surface area is 302 Å². The first-order chi connectivity index (χ1) is 24.8. The van der Waals surface area contributed by atoms with Crippen molar-refractivity contribution < 1.29 is 23.9 Å².